The lowest BCUT2D eigenvalue weighted by atomic mass is 9.97. The first kappa shape index (κ1) is 12.3. The molecule has 1 aliphatic rings. The number of hydrogen-bond acceptors (Lipinski definition) is 4. The van der Waals surface area contributed by atoms with Crippen molar-refractivity contribution in [2.24, 2.45) is 5.92 Å². The van der Waals surface area contributed by atoms with Crippen LogP contribution in [0.3, 0.4) is 0 Å². The minimum Gasteiger partial charge on any atom is -0.396 e. The third-order valence-corrected chi connectivity index (χ3v) is 3.44. The molecule has 1 aromatic heterocycles. The Morgan fingerprint density at radius 1 is 1.47 bits per heavy atom. The van der Waals surface area contributed by atoms with Gasteiger partial charge in [0.25, 0.3) is 0 Å². The van der Waals surface area contributed by atoms with Crippen molar-refractivity contribution in [3.63, 3.8) is 0 Å². The smallest absolute Gasteiger partial charge is 0.134 e. The second-order valence-electron chi connectivity index (χ2n) is 4.71. The second kappa shape index (κ2) is 5.47. The van der Waals surface area contributed by atoms with Crippen LogP contribution in [0, 0.1) is 5.92 Å². The molecule has 1 unspecified atom stereocenters. The summed E-state index contributed by atoms with van der Waals surface area (Å²) in [6, 6.07) is 3.77. The lowest BCUT2D eigenvalue weighted by molar-refractivity contribution is 0.195. The van der Waals surface area contributed by atoms with Crippen LogP contribution in [0.5, 0.6) is 0 Å². The standard InChI is InChI=1S/C13H20N2O2/c1-10(17)12-3-2-6-14-13(12)15-7-4-11(9-16)5-8-15/h2-3,6,10-11,16-17H,4-5,7-9H2,1H3. The van der Waals surface area contributed by atoms with Crippen molar-refractivity contribution < 1.29 is 10.2 Å². The normalized spacial score (nSPS) is 19.4. The van der Waals surface area contributed by atoms with Gasteiger partial charge in [-0.1, -0.05) is 6.07 Å². The summed E-state index contributed by atoms with van der Waals surface area (Å²) in [4.78, 5) is 6.58. The van der Waals surface area contributed by atoms with Gasteiger partial charge in [0.1, 0.15) is 5.82 Å². The van der Waals surface area contributed by atoms with Crippen molar-refractivity contribution in [2.75, 3.05) is 24.6 Å². The monoisotopic (exact) mass is 236 g/mol. The van der Waals surface area contributed by atoms with Gasteiger partial charge < -0.3 is 15.1 Å². The first-order chi connectivity index (χ1) is 8.22. The molecule has 2 N–H and O–H groups in total. The zero-order valence-corrected chi connectivity index (χ0v) is 10.2. The highest BCUT2D eigenvalue weighted by atomic mass is 16.3. The highest BCUT2D eigenvalue weighted by Crippen LogP contribution is 2.27. The summed E-state index contributed by atoms with van der Waals surface area (Å²) >= 11 is 0. The van der Waals surface area contributed by atoms with Gasteiger partial charge in [-0.2, -0.15) is 0 Å². The van der Waals surface area contributed by atoms with E-state index in [0.717, 1.165) is 37.3 Å². The van der Waals surface area contributed by atoms with Crippen LogP contribution in [-0.4, -0.2) is 34.9 Å². The zero-order valence-electron chi connectivity index (χ0n) is 10.2. The Balaban J connectivity index is 2.13. The summed E-state index contributed by atoms with van der Waals surface area (Å²) in [5.74, 6) is 1.31. The van der Waals surface area contributed by atoms with E-state index >= 15 is 0 Å². The molecule has 2 heterocycles. The summed E-state index contributed by atoms with van der Waals surface area (Å²) in [6.45, 7) is 3.85. The van der Waals surface area contributed by atoms with E-state index < -0.39 is 6.10 Å². The van der Waals surface area contributed by atoms with Crippen LogP contribution in [0.25, 0.3) is 0 Å². The Kier molecular flexibility index (Phi) is 3.97. The molecule has 0 radical (unpaired) electrons. The first-order valence-electron chi connectivity index (χ1n) is 6.21. The fourth-order valence-electron chi connectivity index (χ4n) is 2.33. The number of aliphatic hydroxyl groups is 2. The summed E-state index contributed by atoms with van der Waals surface area (Å²) in [5, 5.41) is 18.8. The number of piperidine rings is 1. The molecule has 17 heavy (non-hydrogen) atoms. The van der Waals surface area contributed by atoms with E-state index in [0.29, 0.717) is 5.92 Å². The number of anilines is 1. The van der Waals surface area contributed by atoms with Gasteiger partial charge in [-0.3, -0.25) is 0 Å². The van der Waals surface area contributed by atoms with Gasteiger partial charge >= 0.3 is 0 Å². The van der Waals surface area contributed by atoms with Gasteiger partial charge in [0, 0.05) is 31.5 Å². The van der Waals surface area contributed by atoms with E-state index in [4.69, 9.17) is 5.11 Å². The van der Waals surface area contributed by atoms with Gasteiger partial charge in [0.05, 0.1) is 6.10 Å². The van der Waals surface area contributed by atoms with Gasteiger partial charge in [-0.15, -0.1) is 0 Å². The number of rotatable bonds is 3. The largest absolute Gasteiger partial charge is 0.396 e. The lowest BCUT2D eigenvalue weighted by Crippen LogP contribution is -2.36. The molecule has 0 aliphatic carbocycles. The Morgan fingerprint density at radius 2 is 2.18 bits per heavy atom. The van der Waals surface area contributed by atoms with Crippen molar-refractivity contribution in [1.29, 1.82) is 0 Å². The van der Waals surface area contributed by atoms with Crippen molar-refractivity contribution in [3.05, 3.63) is 23.9 Å². The highest BCUT2D eigenvalue weighted by Gasteiger charge is 2.22. The molecule has 0 aromatic carbocycles. The Hall–Kier alpha value is -1.13. The molecular formula is C13H20N2O2. The van der Waals surface area contributed by atoms with Crippen molar-refractivity contribution in [2.45, 2.75) is 25.9 Å². The number of aromatic nitrogens is 1. The van der Waals surface area contributed by atoms with Gasteiger partial charge in [-0.05, 0) is 31.7 Å². The van der Waals surface area contributed by atoms with Crippen molar-refractivity contribution >= 4 is 5.82 Å². The maximum absolute atomic E-state index is 9.73. The molecular weight excluding hydrogens is 216 g/mol. The third kappa shape index (κ3) is 2.76. The minimum absolute atomic E-state index is 0.277. The molecule has 1 aliphatic heterocycles. The summed E-state index contributed by atoms with van der Waals surface area (Å²) < 4.78 is 0. The van der Waals surface area contributed by atoms with Crippen LogP contribution in [0.2, 0.25) is 0 Å². The maximum atomic E-state index is 9.73. The number of nitrogens with zero attached hydrogens (tertiary/aromatic N) is 2. The highest BCUT2D eigenvalue weighted by molar-refractivity contribution is 5.48. The average molecular weight is 236 g/mol. The zero-order chi connectivity index (χ0) is 12.3. The molecule has 1 saturated heterocycles. The lowest BCUT2D eigenvalue weighted by Gasteiger charge is -2.33. The first-order valence-corrected chi connectivity index (χ1v) is 6.21. The molecule has 1 atom stereocenters. The number of hydrogen-bond donors (Lipinski definition) is 2. The van der Waals surface area contributed by atoms with Crippen molar-refractivity contribution in [1.82, 2.24) is 4.98 Å². The Morgan fingerprint density at radius 3 is 2.76 bits per heavy atom. The molecule has 0 bridgehead atoms. The van der Waals surface area contributed by atoms with Crippen LogP contribution < -0.4 is 4.90 Å². The Labute approximate surface area is 102 Å². The van der Waals surface area contributed by atoms with E-state index in [2.05, 4.69) is 9.88 Å². The van der Waals surface area contributed by atoms with Crippen LogP contribution >= 0.6 is 0 Å². The van der Waals surface area contributed by atoms with Crippen molar-refractivity contribution in [3.8, 4) is 0 Å². The number of aliphatic hydroxyl groups excluding tert-OH is 2. The number of pyridine rings is 1. The molecule has 0 spiro atoms. The van der Waals surface area contributed by atoms with E-state index in [1.54, 1.807) is 13.1 Å². The Bertz CT molecular complexity index is 360. The summed E-state index contributed by atoms with van der Waals surface area (Å²) in [5.41, 5.74) is 0.884. The van der Waals surface area contributed by atoms with E-state index in [1.807, 2.05) is 12.1 Å². The molecule has 0 saturated carbocycles. The van der Waals surface area contributed by atoms with Gasteiger partial charge in [0.2, 0.25) is 0 Å². The quantitative estimate of drug-likeness (QED) is 0.831. The fourth-order valence-corrected chi connectivity index (χ4v) is 2.33. The molecule has 0 amide bonds. The predicted molar refractivity (Wildman–Crippen MR) is 66.9 cm³/mol. The molecule has 1 fully saturated rings. The van der Waals surface area contributed by atoms with Crippen LogP contribution in [0.4, 0.5) is 5.82 Å². The SMILES string of the molecule is CC(O)c1cccnc1N1CCC(CO)CC1. The topological polar surface area (TPSA) is 56.6 Å². The maximum Gasteiger partial charge on any atom is 0.134 e. The van der Waals surface area contributed by atoms with E-state index in [9.17, 15) is 5.11 Å². The van der Waals surface area contributed by atoms with Gasteiger partial charge in [-0.25, -0.2) is 4.98 Å². The van der Waals surface area contributed by atoms with Crippen LogP contribution in [0.1, 0.15) is 31.4 Å². The molecule has 2 rings (SSSR count). The third-order valence-electron chi connectivity index (χ3n) is 3.44. The van der Waals surface area contributed by atoms with E-state index in [1.165, 1.54) is 0 Å². The molecule has 4 nitrogen and oxygen atoms in total. The predicted octanol–water partition coefficient (Wildman–Crippen LogP) is 1.34. The van der Waals surface area contributed by atoms with Gasteiger partial charge in [0.15, 0.2) is 0 Å². The molecule has 94 valence electrons. The van der Waals surface area contributed by atoms with Crippen LogP contribution in [0.15, 0.2) is 18.3 Å². The summed E-state index contributed by atoms with van der Waals surface area (Å²) in [6.07, 6.45) is 3.26. The van der Waals surface area contributed by atoms with Crippen LogP contribution in [-0.2, 0) is 0 Å². The fraction of sp³-hybridized carbons (Fsp3) is 0.615. The minimum atomic E-state index is -0.491. The summed E-state index contributed by atoms with van der Waals surface area (Å²) in [7, 11) is 0. The average Bonchev–Trinajstić information content (AvgIpc) is 2.39. The molecule has 1 aromatic rings. The van der Waals surface area contributed by atoms with E-state index in [-0.39, 0.29) is 6.61 Å². The second-order valence-corrected chi connectivity index (χ2v) is 4.71. The molecule has 4 heteroatoms.